The lowest BCUT2D eigenvalue weighted by molar-refractivity contribution is 0.0130. The van der Waals surface area contributed by atoms with Gasteiger partial charge in [-0.2, -0.15) is 0 Å². The van der Waals surface area contributed by atoms with E-state index >= 15 is 0 Å². The van der Waals surface area contributed by atoms with Crippen molar-refractivity contribution in [2.24, 2.45) is 0 Å². The smallest absolute Gasteiger partial charge is 0.122 e. The Hall–Kier alpha value is -0.770. The number of methoxy groups -OCH3 is 1. The number of rotatable bonds is 6. The first-order valence-electron chi connectivity index (χ1n) is 6.18. The van der Waals surface area contributed by atoms with Crippen LogP contribution in [0.2, 0.25) is 5.02 Å². The number of aliphatic hydroxyl groups excluding tert-OH is 2. The van der Waals surface area contributed by atoms with Gasteiger partial charge in [0.15, 0.2) is 0 Å². The number of halogens is 1. The number of hydrogen-bond donors (Lipinski definition) is 2. The van der Waals surface area contributed by atoms with Crippen LogP contribution < -0.4 is 4.74 Å². The van der Waals surface area contributed by atoms with E-state index in [4.69, 9.17) is 16.3 Å². The molecule has 1 aromatic rings. The minimum atomic E-state index is -0.709. The Labute approximate surface area is 113 Å². The highest BCUT2D eigenvalue weighted by Crippen LogP contribution is 2.28. The topological polar surface area (TPSA) is 49.7 Å². The van der Waals surface area contributed by atoms with Crippen LogP contribution in [0.1, 0.15) is 30.9 Å². The molecule has 1 aromatic carbocycles. The third kappa shape index (κ3) is 3.87. The highest BCUT2D eigenvalue weighted by atomic mass is 35.5. The zero-order valence-corrected chi connectivity index (χ0v) is 11.9. The van der Waals surface area contributed by atoms with Crippen LogP contribution >= 0.6 is 11.6 Å². The maximum atomic E-state index is 9.74. The third-order valence-corrected chi connectivity index (χ3v) is 3.54. The van der Waals surface area contributed by atoms with Crippen molar-refractivity contribution in [2.45, 2.75) is 45.3 Å². The molecule has 102 valence electrons. The predicted octanol–water partition coefficient (Wildman–Crippen LogP) is 2.72. The average Bonchev–Trinajstić information content (AvgIpc) is 2.38. The monoisotopic (exact) mass is 272 g/mol. The van der Waals surface area contributed by atoms with E-state index in [0.717, 1.165) is 16.9 Å². The molecular weight excluding hydrogens is 252 g/mol. The van der Waals surface area contributed by atoms with E-state index in [1.54, 1.807) is 7.11 Å². The number of benzene rings is 1. The van der Waals surface area contributed by atoms with Gasteiger partial charge in [0, 0.05) is 5.02 Å². The third-order valence-electron chi connectivity index (χ3n) is 3.13. The fourth-order valence-electron chi connectivity index (χ4n) is 1.85. The molecule has 0 amide bonds. The van der Waals surface area contributed by atoms with Gasteiger partial charge in [0.05, 0.1) is 19.3 Å². The number of aryl methyl sites for hydroxylation is 2. The van der Waals surface area contributed by atoms with Crippen molar-refractivity contribution in [2.75, 3.05) is 7.11 Å². The molecule has 0 radical (unpaired) electrons. The lowest BCUT2D eigenvalue weighted by atomic mass is 10.0. The fourth-order valence-corrected chi connectivity index (χ4v) is 2.04. The molecule has 2 N–H and O–H groups in total. The van der Waals surface area contributed by atoms with Gasteiger partial charge < -0.3 is 14.9 Å². The molecule has 0 aliphatic heterocycles. The summed E-state index contributed by atoms with van der Waals surface area (Å²) in [6, 6.07) is 3.75. The molecule has 0 saturated carbocycles. The Morgan fingerprint density at radius 1 is 1.28 bits per heavy atom. The average molecular weight is 273 g/mol. The van der Waals surface area contributed by atoms with E-state index in [2.05, 4.69) is 0 Å². The van der Waals surface area contributed by atoms with Crippen molar-refractivity contribution >= 4 is 11.6 Å². The quantitative estimate of drug-likeness (QED) is 0.837. The molecule has 0 aromatic heterocycles. The summed E-state index contributed by atoms with van der Waals surface area (Å²) < 4.78 is 5.30. The van der Waals surface area contributed by atoms with Gasteiger partial charge in [-0.25, -0.2) is 0 Å². The normalized spacial score (nSPS) is 14.3. The van der Waals surface area contributed by atoms with Crippen molar-refractivity contribution in [3.05, 3.63) is 28.3 Å². The first-order chi connectivity index (χ1) is 8.49. The highest BCUT2D eigenvalue weighted by molar-refractivity contribution is 6.31. The Morgan fingerprint density at radius 3 is 2.50 bits per heavy atom. The van der Waals surface area contributed by atoms with Gasteiger partial charge in [-0.3, -0.25) is 0 Å². The molecule has 0 bridgehead atoms. The molecule has 1 rings (SSSR count). The first-order valence-corrected chi connectivity index (χ1v) is 6.56. The summed E-state index contributed by atoms with van der Waals surface area (Å²) in [5.41, 5.74) is 1.92. The van der Waals surface area contributed by atoms with Gasteiger partial charge in [0.1, 0.15) is 5.75 Å². The van der Waals surface area contributed by atoms with E-state index < -0.39 is 12.2 Å². The molecule has 3 nitrogen and oxygen atoms in total. The summed E-state index contributed by atoms with van der Waals surface area (Å²) in [6.07, 6.45) is 0.288. The molecule has 2 atom stereocenters. The summed E-state index contributed by atoms with van der Waals surface area (Å²) in [6.45, 7) is 3.77. The molecule has 0 heterocycles. The summed E-state index contributed by atoms with van der Waals surface area (Å²) in [5, 5.41) is 20.0. The number of aliphatic hydroxyl groups is 2. The zero-order chi connectivity index (χ0) is 13.7. The van der Waals surface area contributed by atoms with E-state index in [1.807, 2.05) is 26.0 Å². The summed E-state index contributed by atoms with van der Waals surface area (Å²) >= 11 is 6.08. The van der Waals surface area contributed by atoms with E-state index in [-0.39, 0.29) is 0 Å². The van der Waals surface area contributed by atoms with Gasteiger partial charge in [0.2, 0.25) is 0 Å². The van der Waals surface area contributed by atoms with Gasteiger partial charge in [-0.15, -0.1) is 0 Å². The lowest BCUT2D eigenvalue weighted by Crippen LogP contribution is -2.25. The van der Waals surface area contributed by atoms with Crippen LogP contribution in [0.25, 0.3) is 0 Å². The van der Waals surface area contributed by atoms with Crippen molar-refractivity contribution in [1.29, 1.82) is 0 Å². The standard InChI is InChI=1S/C14H21ClO3/c1-4-12(16)13(17)6-5-10-8-11(15)9(2)7-14(10)18-3/h7-8,12-13,16-17H,4-6H2,1-3H3. The van der Waals surface area contributed by atoms with Gasteiger partial charge in [-0.05, 0) is 49.4 Å². The lowest BCUT2D eigenvalue weighted by Gasteiger charge is -2.17. The summed E-state index contributed by atoms with van der Waals surface area (Å²) in [4.78, 5) is 0. The van der Waals surface area contributed by atoms with E-state index in [9.17, 15) is 10.2 Å². The Kier molecular flexibility index (Phi) is 5.93. The van der Waals surface area contributed by atoms with Crippen LogP contribution in [-0.4, -0.2) is 29.5 Å². The molecular formula is C14H21ClO3. The molecule has 0 aliphatic carbocycles. The number of hydrogen-bond acceptors (Lipinski definition) is 3. The highest BCUT2D eigenvalue weighted by Gasteiger charge is 2.15. The Morgan fingerprint density at radius 2 is 1.94 bits per heavy atom. The molecule has 0 saturated heterocycles. The van der Waals surface area contributed by atoms with Crippen molar-refractivity contribution in [1.82, 2.24) is 0 Å². The van der Waals surface area contributed by atoms with Gasteiger partial charge in [-0.1, -0.05) is 18.5 Å². The maximum absolute atomic E-state index is 9.74. The molecule has 18 heavy (non-hydrogen) atoms. The second-order valence-electron chi connectivity index (χ2n) is 4.49. The van der Waals surface area contributed by atoms with Crippen molar-refractivity contribution in [3.8, 4) is 5.75 Å². The van der Waals surface area contributed by atoms with Crippen LogP contribution in [0.3, 0.4) is 0 Å². The van der Waals surface area contributed by atoms with Crippen LogP contribution in [0.4, 0.5) is 0 Å². The van der Waals surface area contributed by atoms with Gasteiger partial charge >= 0.3 is 0 Å². The Balaban J connectivity index is 2.75. The van der Waals surface area contributed by atoms with Crippen LogP contribution in [0.5, 0.6) is 5.75 Å². The van der Waals surface area contributed by atoms with Crippen molar-refractivity contribution < 1.29 is 14.9 Å². The Bertz CT molecular complexity index is 393. The maximum Gasteiger partial charge on any atom is 0.122 e. The SMILES string of the molecule is CCC(O)C(O)CCc1cc(Cl)c(C)cc1OC. The van der Waals surface area contributed by atoms with Crippen LogP contribution in [0, 0.1) is 6.92 Å². The fraction of sp³-hybridized carbons (Fsp3) is 0.571. The molecule has 2 unspecified atom stereocenters. The largest absolute Gasteiger partial charge is 0.496 e. The summed E-state index contributed by atoms with van der Waals surface area (Å²) in [7, 11) is 1.61. The minimum absolute atomic E-state index is 0.491. The second kappa shape index (κ2) is 6.98. The zero-order valence-electron chi connectivity index (χ0n) is 11.1. The predicted molar refractivity (Wildman–Crippen MR) is 73.4 cm³/mol. The second-order valence-corrected chi connectivity index (χ2v) is 4.90. The molecule has 0 aliphatic rings. The molecule has 4 heteroatoms. The van der Waals surface area contributed by atoms with Crippen LogP contribution in [0.15, 0.2) is 12.1 Å². The van der Waals surface area contributed by atoms with E-state index in [1.165, 1.54) is 0 Å². The number of ether oxygens (including phenoxy) is 1. The summed E-state index contributed by atoms with van der Waals surface area (Å²) in [5.74, 6) is 0.773. The minimum Gasteiger partial charge on any atom is -0.496 e. The van der Waals surface area contributed by atoms with E-state index in [0.29, 0.717) is 24.3 Å². The molecule has 0 spiro atoms. The van der Waals surface area contributed by atoms with Gasteiger partial charge in [0.25, 0.3) is 0 Å². The molecule has 0 fully saturated rings. The van der Waals surface area contributed by atoms with Crippen molar-refractivity contribution in [3.63, 3.8) is 0 Å². The first kappa shape index (κ1) is 15.3. The van der Waals surface area contributed by atoms with Crippen LogP contribution in [-0.2, 0) is 6.42 Å².